The third-order valence-corrected chi connectivity index (χ3v) is 15.7. The molecule has 4 unspecified atom stereocenters. The first-order valence-corrected chi connectivity index (χ1v) is 23.5. The molecule has 0 heterocycles. The topological polar surface area (TPSA) is 3.24 Å². The van der Waals surface area contributed by atoms with Crippen molar-refractivity contribution >= 4 is 17.1 Å². The molecule has 9 aromatic rings. The zero-order valence-electron chi connectivity index (χ0n) is 37.3. The van der Waals surface area contributed by atoms with Crippen LogP contribution in [-0.4, -0.2) is 0 Å². The molecule has 1 heteroatoms. The molecule has 13 rings (SSSR count). The van der Waals surface area contributed by atoms with Crippen LogP contribution in [0.1, 0.15) is 75.4 Å². The summed E-state index contributed by atoms with van der Waals surface area (Å²) in [5.41, 5.74) is 20.5. The Labute approximate surface area is 388 Å². The summed E-state index contributed by atoms with van der Waals surface area (Å²) in [5, 5.41) is 0. The van der Waals surface area contributed by atoms with Crippen LogP contribution in [0.4, 0.5) is 17.1 Å². The number of benzene rings is 9. The molecule has 0 saturated heterocycles. The van der Waals surface area contributed by atoms with Crippen LogP contribution in [-0.2, 0) is 16.2 Å². The molecule has 314 valence electrons. The normalized spacial score (nSPS) is 21.0. The summed E-state index contributed by atoms with van der Waals surface area (Å²) in [6, 6.07) is 84.8. The third-order valence-electron chi connectivity index (χ3n) is 15.7. The van der Waals surface area contributed by atoms with Crippen molar-refractivity contribution in [2.24, 2.45) is 5.92 Å². The van der Waals surface area contributed by atoms with Gasteiger partial charge in [0.25, 0.3) is 0 Å². The molecule has 1 nitrogen and oxygen atoms in total. The first kappa shape index (κ1) is 38.7. The first-order valence-electron chi connectivity index (χ1n) is 23.5. The lowest BCUT2D eigenvalue weighted by Crippen LogP contribution is -2.44. The minimum absolute atomic E-state index is 0.0383. The lowest BCUT2D eigenvalue weighted by molar-refractivity contribution is 0.394. The Bertz CT molecular complexity index is 3410. The summed E-state index contributed by atoms with van der Waals surface area (Å²) in [5.74, 6) is 0.793. The van der Waals surface area contributed by atoms with Gasteiger partial charge >= 0.3 is 0 Å². The van der Waals surface area contributed by atoms with E-state index >= 15 is 0 Å². The summed E-state index contributed by atoms with van der Waals surface area (Å²) in [6.45, 7) is 4.87. The van der Waals surface area contributed by atoms with Gasteiger partial charge in [-0.3, -0.25) is 0 Å². The average Bonchev–Trinajstić information content (AvgIpc) is 3.82. The van der Waals surface area contributed by atoms with Crippen molar-refractivity contribution in [3.8, 4) is 22.3 Å². The van der Waals surface area contributed by atoms with Crippen LogP contribution in [0, 0.1) is 5.92 Å². The summed E-state index contributed by atoms with van der Waals surface area (Å²) in [7, 11) is 0. The highest BCUT2D eigenvalue weighted by atomic mass is 15.1. The van der Waals surface area contributed by atoms with E-state index in [4.69, 9.17) is 0 Å². The minimum atomic E-state index is -0.668. The van der Waals surface area contributed by atoms with Crippen molar-refractivity contribution in [2.45, 2.75) is 36.0 Å². The zero-order chi connectivity index (χ0) is 44.0. The fourth-order valence-corrected chi connectivity index (χ4v) is 13.0. The molecular weight excluding hydrogens is 795 g/mol. The highest BCUT2D eigenvalue weighted by molar-refractivity contribution is 5.93. The molecule has 0 amide bonds. The lowest BCUT2D eigenvalue weighted by Gasteiger charge is -2.49. The molecule has 4 aliphatic rings. The van der Waals surface area contributed by atoms with Crippen LogP contribution in [0.15, 0.2) is 249 Å². The number of para-hydroxylation sites is 1. The van der Waals surface area contributed by atoms with Gasteiger partial charge in [0.15, 0.2) is 0 Å². The molecule has 0 N–H and O–H groups in total. The van der Waals surface area contributed by atoms with Crippen molar-refractivity contribution in [2.75, 3.05) is 4.90 Å². The monoisotopic (exact) mass is 843 g/mol. The number of nitrogens with zero attached hydrogens (tertiary/aromatic N) is 1. The van der Waals surface area contributed by atoms with E-state index in [0.717, 1.165) is 17.1 Å². The summed E-state index contributed by atoms with van der Waals surface area (Å²) >= 11 is 0. The van der Waals surface area contributed by atoms with Gasteiger partial charge in [0.1, 0.15) is 0 Å². The Morgan fingerprint density at radius 2 is 0.924 bits per heavy atom. The zero-order valence-corrected chi connectivity index (χ0v) is 37.3. The van der Waals surface area contributed by atoms with Crippen molar-refractivity contribution in [1.82, 2.24) is 0 Å². The lowest BCUT2D eigenvalue weighted by atomic mass is 9.51. The maximum atomic E-state index is 2.53. The van der Waals surface area contributed by atoms with Gasteiger partial charge in [-0.25, -0.2) is 0 Å². The van der Waals surface area contributed by atoms with Gasteiger partial charge in [0.05, 0.1) is 16.5 Å². The van der Waals surface area contributed by atoms with Crippen LogP contribution < -0.4 is 4.90 Å². The highest BCUT2D eigenvalue weighted by Crippen LogP contribution is 2.66. The Kier molecular flexibility index (Phi) is 8.58. The first-order chi connectivity index (χ1) is 32.5. The van der Waals surface area contributed by atoms with Crippen LogP contribution >= 0.6 is 0 Å². The molecule has 0 aliphatic heterocycles. The Morgan fingerprint density at radius 1 is 0.379 bits per heavy atom. The van der Waals surface area contributed by atoms with Gasteiger partial charge in [0.2, 0.25) is 0 Å². The number of hydrogen-bond acceptors (Lipinski definition) is 1. The molecule has 0 fully saturated rings. The fraction of sp³-hybridized carbons (Fsp3) is 0.108. The summed E-state index contributed by atoms with van der Waals surface area (Å²) in [6.07, 6.45) is 9.29. The van der Waals surface area contributed by atoms with Crippen molar-refractivity contribution in [3.63, 3.8) is 0 Å². The standard InChI is InChI=1S/C65H49N/c1-63(2)55-34-15-12-31-51(55)53-41-40-49(43-60(53)63)66(61-39-19-14-30-50(61)44-22-6-3-7-23-44)48-29-20-28-47(42-48)64(45-24-8-4-9-25-45)57-36-17-18-37-58(57)65(46-26-10-5-11-27-46)56-35-16-13-32-52(56)54-33-21-38-59(64)62(54)65/h3-43,51,55H,1-2H3. The second-order valence-corrected chi connectivity index (χ2v) is 19.1. The molecule has 0 saturated carbocycles. The molecule has 9 aromatic carbocycles. The largest absolute Gasteiger partial charge is 0.310 e. The van der Waals surface area contributed by atoms with Crippen LogP contribution in [0.25, 0.3) is 22.3 Å². The molecule has 0 bridgehead atoms. The van der Waals surface area contributed by atoms with Gasteiger partial charge < -0.3 is 4.90 Å². The second-order valence-electron chi connectivity index (χ2n) is 19.1. The Hall–Kier alpha value is -7.74. The molecular formula is C65H49N. The van der Waals surface area contributed by atoms with E-state index in [1.807, 2.05) is 0 Å². The van der Waals surface area contributed by atoms with Crippen LogP contribution in [0.2, 0.25) is 0 Å². The second kappa shape index (κ2) is 14.6. The number of allylic oxidation sites excluding steroid dienone is 4. The predicted octanol–water partition coefficient (Wildman–Crippen LogP) is 16.0. The molecule has 0 aromatic heterocycles. The van der Waals surface area contributed by atoms with Crippen molar-refractivity contribution in [1.29, 1.82) is 0 Å². The van der Waals surface area contributed by atoms with E-state index in [1.165, 1.54) is 77.9 Å². The summed E-state index contributed by atoms with van der Waals surface area (Å²) < 4.78 is 0. The Morgan fingerprint density at radius 3 is 1.68 bits per heavy atom. The molecule has 4 atom stereocenters. The fourth-order valence-electron chi connectivity index (χ4n) is 13.0. The van der Waals surface area contributed by atoms with Gasteiger partial charge in [-0.05, 0) is 114 Å². The van der Waals surface area contributed by atoms with E-state index < -0.39 is 10.8 Å². The molecule has 4 aliphatic carbocycles. The van der Waals surface area contributed by atoms with Gasteiger partial charge in [0, 0.05) is 22.9 Å². The SMILES string of the molecule is CC1(C)c2cc(N(c3cccc(C4(c5ccccc5)c5ccccc5C5(c6ccccc6)c6ccccc6-c6cccc4c65)c3)c3ccccc3-c3ccccc3)ccc2C2C=CC=CC21. The number of rotatable bonds is 7. The maximum absolute atomic E-state index is 2.53. The van der Waals surface area contributed by atoms with E-state index in [0.29, 0.717) is 11.8 Å². The quantitative estimate of drug-likeness (QED) is 0.154. The van der Waals surface area contributed by atoms with E-state index in [1.54, 1.807) is 0 Å². The average molecular weight is 844 g/mol. The number of anilines is 3. The van der Waals surface area contributed by atoms with E-state index in [9.17, 15) is 0 Å². The smallest absolute Gasteiger partial charge is 0.0720 e. The van der Waals surface area contributed by atoms with Crippen LogP contribution in [0.5, 0.6) is 0 Å². The Balaban J connectivity index is 1.11. The molecule has 0 spiro atoms. The van der Waals surface area contributed by atoms with Gasteiger partial charge in [-0.2, -0.15) is 0 Å². The highest BCUT2D eigenvalue weighted by Gasteiger charge is 2.57. The molecule has 66 heavy (non-hydrogen) atoms. The predicted molar refractivity (Wildman–Crippen MR) is 273 cm³/mol. The number of hydrogen-bond donors (Lipinski definition) is 0. The van der Waals surface area contributed by atoms with E-state index in [2.05, 4.69) is 268 Å². The third kappa shape index (κ3) is 5.23. The van der Waals surface area contributed by atoms with Crippen molar-refractivity contribution < 1.29 is 0 Å². The van der Waals surface area contributed by atoms with Gasteiger partial charge in [-0.15, -0.1) is 0 Å². The summed E-state index contributed by atoms with van der Waals surface area (Å²) in [4.78, 5) is 2.53. The molecule has 0 radical (unpaired) electrons. The minimum Gasteiger partial charge on any atom is -0.310 e. The van der Waals surface area contributed by atoms with Crippen LogP contribution in [0.3, 0.4) is 0 Å². The van der Waals surface area contributed by atoms with E-state index in [-0.39, 0.29) is 5.41 Å². The number of fused-ring (bicyclic) bond motifs is 8. The van der Waals surface area contributed by atoms with Gasteiger partial charge in [-0.1, -0.05) is 232 Å². The van der Waals surface area contributed by atoms with Crippen molar-refractivity contribution in [3.05, 3.63) is 304 Å². The maximum Gasteiger partial charge on any atom is 0.0720 e.